The zero-order valence-electron chi connectivity index (χ0n) is 17.3. The zero-order chi connectivity index (χ0) is 20.7. The number of benzene rings is 1. The second-order valence-corrected chi connectivity index (χ2v) is 9.82. The van der Waals surface area contributed by atoms with Gasteiger partial charge < -0.3 is 19.7 Å². The van der Waals surface area contributed by atoms with Crippen molar-refractivity contribution in [2.45, 2.75) is 76.9 Å². The van der Waals surface area contributed by atoms with Crippen LogP contribution in [0.25, 0.3) is 0 Å². The topological polar surface area (TPSA) is 76.0 Å². The molecule has 0 spiro atoms. The van der Waals surface area contributed by atoms with Crippen molar-refractivity contribution in [1.82, 2.24) is 0 Å². The van der Waals surface area contributed by atoms with E-state index in [1.807, 2.05) is 34.6 Å². The van der Waals surface area contributed by atoms with E-state index in [1.54, 1.807) is 36.0 Å². The Kier molecular flexibility index (Phi) is 9.12. The van der Waals surface area contributed by atoms with E-state index in [9.17, 15) is 9.90 Å². The van der Waals surface area contributed by atoms with Crippen LogP contribution in [0.4, 0.5) is 0 Å². The van der Waals surface area contributed by atoms with Crippen LogP contribution in [-0.4, -0.2) is 51.1 Å². The fraction of sp³-hybridized carbons (Fsp3) is 0.667. The zero-order valence-corrected chi connectivity index (χ0v) is 18.1. The summed E-state index contributed by atoms with van der Waals surface area (Å²) in [5.74, 6) is 0.803. The molecule has 0 amide bonds. The fourth-order valence-electron chi connectivity index (χ4n) is 2.78. The Morgan fingerprint density at radius 2 is 1.78 bits per heavy atom. The van der Waals surface area contributed by atoms with Gasteiger partial charge in [0.25, 0.3) is 0 Å². The summed E-state index contributed by atoms with van der Waals surface area (Å²) in [5.41, 5.74) is -0.176. The van der Waals surface area contributed by atoms with Gasteiger partial charge in [-0.05, 0) is 51.5 Å². The number of rotatable bonds is 11. The van der Waals surface area contributed by atoms with E-state index in [-0.39, 0.29) is 23.4 Å². The van der Waals surface area contributed by atoms with Crippen LogP contribution in [0, 0.1) is 0 Å². The van der Waals surface area contributed by atoms with Crippen LogP contribution in [0.2, 0.25) is 0 Å². The number of aliphatic hydroxyl groups excluding tert-OH is 2. The monoisotopic (exact) mass is 398 g/mol. The lowest BCUT2D eigenvalue weighted by Crippen LogP contribution is -2.36. The van der Waals surface area contributed by atoms with Crippen molar-refractivity contribution in [2.75, 3.05) is 12.4 Å². The third-order valence-electron chi connectivity index (χ3n) is 4.10. The Balaban J connectivity index is 2.65. The largest absolute Gasteiger partial charge is 0.491 e. The van der Waals surface area contributed by atoms with Crippen LogP contribution in [0.5, 0.6) is 5.75 Å². The molecule has 1 aromatic rings. The van der Waals surface area contributed by atoms with Crippen molar-refractivity contribution in [2.24, 2.45) is 0 Å². The first-order valence-electron chi connectivity index (χ1n) is 9.41. The summed E-state index contributed by atoms with van der Waals surface area (Å²) in [5, 5.41) is 18.5. The van der Waals surface area contributed by atoms with Gasteiger partial charge in [0.15, 0.2) is 0 Å². The molecular weight excluding hydrogens is 364 g/mol. The maximum absolute atomic E-state index is 12.5. The molecule has 0 radical (unpaired) electrons. The Bertz CT molecular complexity index is 583. The average Bonchev–Trinajstić information content (AvgIpc) is 2.58. The summed E-state index contributed by atoms with van der Waals surface area (Å²) in [4.78, 5) is 12.5. The highest BCUT2D eigenvalue weighted by molar-refractivity contribution is 8.00. The summed E-state index contributed by atoms with van der Waals surface area (Å²) in [7, 11) is 0. The van der Waals surface area contributed by atoms with E-state index in [1.165, 1.54) is 0 Å². The molecule has 5 nitrogen and oxygen atoms in total. The van der Waals surface area contributed by atoms with Crippen LogP contribution in [0.1, 0.15) is 64.7 Å². The first kappa shape index (κ1) is 23.8. The Labute approximate surface area is 167 Å². The van der Waals surface area contributed by atoms with E-state index >= 15 is 0 Å². The number of aliphatic hydroxyl groups is 2. The minimum absolute atomic E-state index is 0.130. The summed E-state index contributed by atoms with van der Waals surface area (Å²) in [6, 6.07) is 7.00. The molecule has 154 valence electrons. The lowest BCUT2D eigenvalue weighted by Gasteiger charge is -2.34. The highest BCUT2D eigenvalue weighted by Gasteiger charge is 2.33. The van der Waals surface area contributed by atoms with Gasteiger partial charge in [-0.25, -0.2) is 4.79 Å². The fourth-order valence-corrected chi connectivity index (χ4v) is 3.98. The minimum Gasteiger partial charge on any atom is -0.491 e. The molecular formula is C21H34O5S. The summed E-state index contributed by atoms with van der Waals surface area (Å²) in [6.45, 7) is 11.7. The van der Waals surface area contributed by atoms with Crippen LogP contribution < -0.4 is 4.74 Å². The van der Waals surface area contributed by atoms with Gasteiger partial charge >= 0.3 is 5.97 Å². The highest BCUT2D eigenvalue weighted by Crippen LogP contribution is 2.35. The van der Waals surface area contributed by atoms with E-state index in [0.717, 1.165) is 12.2 Å². The van der Waals surface area contributed by atoms with Crippen molar-refractivity contribution in [3.05, 3.63) is 29.8 Å². The van der Waals surface area contributed by atoms with Crippen molar-refractivity contribution in [3.8, 4) is 5.75 Å². The quantitative estimate of drug-likeness (QED) is 0.548. The maximum Gasteiger partial charge on any atom is 0.338 e. The van der Waals surface area contributed by atoms with E-state index < -0.39 is 11.7 Å². The van der Waals surface area contributed by atoms with Gasteiger partial charge in [0.05, 0.1) is 24.4 Å². The number of hydrogen-bond donors (Lipinski definition) is 2. The average molecular weight is 399 g/mol. The molecule has 1 aromatic carbocycles. The second-order valence-electron chi connectivity index (χ2n) is 8.09. The van der Waals surface area contributed by atoms with Gasteiger partial charge in [0.2, 0.25) is 0 Å². The summed E-state index contributed by atoms with van der Waals surface area (Å²) in [6.07, 6.45) is 0.923. The third-order valence-corrected chi connectivity index (χ3v) is 5.58. The number of esters is 1. The number of thioether (sulfide) groups is 1. The van der Waals surface area contributed by atoms with Crippen molar-refractivity contribution < 1.29 is 24.5 Å². The molecule has 0 aliphatic heterocycles. The predicted octanol–water partition coefficient (Wildman–Crippen LogP) is 4.05. The molecule has 0 aliphatic rings. The van der Waals surface area contributed by atoms with Crippen LogP contribution in [-0.2, 0) is 4.74 Å². The first-order valence-corrected chi connectivity index (χ1v) is 10.4. The van der Waals surface area contributed by atoms with Crippen molar-refractivity contribution in [1.29, 1.82) is 0 Å². The number of hydrogen-bond acceptors (Lipinski definition) is 6. The lowest BCUT2D eigenvalue weighted by atomic mass is 9.95. The van der Waals surface area contributed by atoms with E-state index in [0.29, 0.717) is 17.7 Å². The molecule has 1 rings (SSSR count). The van der Waals surface area contributed by atoms with Gasteiger partial charge in [0.1, 0.15) is 11.4 Å². The standard InChI is InChI=1S/C21H34O5S/c1-7-15(2)25-18-10-8-16(9-11-18)19(24)26-20(3,4)14-21(5,6)27-13-17(23)12-22/h8-11,15,17,22-23H,7,12-14H2,1-6H3. The molecule has 0 aliphatic carbocycles. The molecule has 2 unspecified atom stereocenters. The van der Waals surface area contributed by atoms with Gasteiger partial charge in [-0.1, -0.05) is 20.8 Å². The van der Waals surface area contributed by atoms with Gasteiger partial charge in [0, 0.05) is 16.9 Å². The number of ether oxygens (including phenoxy) is 2. The molecule has 0 saturated carbocycles. The number of carbonyl (C=O) groups excluding carboxylic acids is 1. The predicted molar refractivity (Wildman–Crippen MR) is 111 cm³/mol. The van der Waals surface area contributed by atoms with Crippen molar-refractivity contribution >= 4 is 17.7 Å². The SMILES string of the molecule is CCC(C)Oc1ccc(C(=O)OC(C)(C)CC(C)(C)SCC(O)CO)cc1. The summed E-state index contributed by atoms with van der Waals surface area (Å²) >= 11 is 1.55. The number of carbonyl (C=O) groups is 1. The molecule has 0 heterocycles. The van der Waals surface area contributed by atoms with Crippen molar-refractivity contribution in [3.63, 3.8) is 0 Å². The Morgan fingerprint density at radius 3 is 2.30 bits per heavy atom. The lowest BCUT2D eigenvalue weighted by molar-refractivity contribution is -0.00747. The molecule has 0 saturated heterocycles. The summed E-state index contributed by atoms with van der Waals surface area (Å²) < 4.78 is 11.2. The van der Waals surface area contributed by atoms with Gasteiger partial charge in [-0.15, -0.1) is 0 Å². The Morgan fingerprint density at radius 1 is 1.19 bits per heavy atom. The van der Waals surface area contributed by atoms with E-state index in [2.05, 4.69) is 6.92 Å². The van der Waals surface area contributed by atoms with Crippen LogP contribution in [0.3, 0.4) is 0 Å². The molecule has 2 N–H and O–H groups in total. The maximum atomic E-state index is 12.5. The first-order chi connectivity index (χ1) is 12.5. The second kappa shape index (κ2) is 10.3. The minimum atomic E-state index is -0.740. The third kappa shape index (κ3) is 9.00. The smallest absolute Gasteiger partial charge is 0.338 e. The van der Waals surface area contributed by atoms with Crippen LogP contribution in [0.15, 0.2) is 24.3 Å². The molecule has 0 fully saturated rings. The molecule has 27 heavy (non-hydrogen) atoms. The van der Waals surface area contributed by atoms with Gasteiger partial charge in [-0.3, -0.25) is 0 Å². The highest BCUT2D eigenvalue weighted by atomic mass is 32.2. The molecule has 2 atom stereocenters. The van der Waals surface area contributed by atoms with E-state index in [4.69, 9.17) is 14.6 Å². The molecule has 0 bridgehead atoms. The van der Waals surface area contributed by atoms with Crippen LogP contribution >= 0.6 is 11.8 Å². The Hall–Kier alpha value is -1.24. The molecule has 6 heteroatoms. The normalized spacial score (nSPS) is 14.5. The molecule has 0 aromatic heterocycles. The van der Waals surface area contributed by atoms with Gasteiger partial charge in [-0.2, -0.15) is 11.8 Å².